The van der Waals surface area contributed by atoms with E-state index in [1.165, 1.54) is 23.3 Å². The van der Waals surface area contributed by atoms with E-state index in [4.69, 9.17) is 12.2 Å². The standard InChI is InChI=1S/C19H18BrFN4S/c1-13-2-4-15(5-3-13)11-25-12-17(20)18(24-25)23-19(26)22-10-14-6-8-16(21)9-7-14/h2-9,12H,10-11H2,1H3,(H2,22,23,24,26). The van der Waals surface area contributed by atoms with Crippen LogP contribution in [0, 0.1) is 12.7 Å². The smallest absolute Gasteiger partial charge is 0.172 e. The fourth-order valence-corrected chi connectivity index (χ4v) is 2.96. The highest BCUT2D eigenvalue weighted by molar-refractivity contribution is 9.10. The summed E-state index contributed by atoms with van der Waals surface area (Å²) < 4.78 is 15.6. The third-order valence-corrected chi connectivity index (χ3v) is 4.61. The zero-order valence-electron chi connectivity index (χ0n) is 14.2. The van der Waals surface area contributed by atoms with Gasteiger partial charge in [0, 0.05) is 12.7 Å². The van der Waals surface area contributed by atoms with Crippen LogP contribution < -0.4 is 10.6 Å². The molecule has 0 aliphatic carbocycles. The number of hydrogen-bond donors (Lipinski definition) is 2. The quantitative estimate of drug-likeness (QED) is 0.576. The van der Waals surface area contributed by atoms with Crippen LogP contribution in [0.4, 0.5) is 10.2 Å². The Kier molecular flexibility index (Phi) is 6.00. The molecule has 0 aliphatic rings. The second kappa shape index (κ2) is 8.42. The lowest BCUT2D eigenvalue weighted by Gasteiger charge is -2.09. The monoisotopic (exact) mass is 432 g/mol. The fraction of sp³-hybridized carbons (Fsp3) is 0.158. The topological polar surface area (TPSA) is 41.9 Å². The van der Waals surface area contributed by atoms with Gasteiger partial charge in [0.1, 0.15) is 5.82 Å². The number of anilines is 1. The maximum Gasteiger partial charge on any atom is 0.172 e. The van der Waals surface area contributed by atoms with Gasteiger partial charge >= 0.3 is 0 Å². The minimum atomic E-state index is -0.252. The van der Waals surface area contributed by atoms with E-state index >= 15 is 0 Å². The van der Waals surface area contributed by atoms with Crippen molar-refractivity contribution in [1.82, 2.24) is 15.1 Å². The number of rotatable bonds is 5. The van der Waals surface area contributed by atoms with Crippen molar-refractivity contribution in [2.24, 2.45) is 0 Å². The van der Waals surface area contributed by atoms with Crippen LogP contribution in [-0.2, 0) is 13.1 Å². The summed E-state index contributed by atoms with van der Waals surface area (Å²) in [5.41, 5.74) is 3.35. The molecule has 0 unspecified atom stereocenters. The molecule has 134 valence electrons. The van der Waals surface area contributed by atoms with Crippen LogP contribution in [0.1, 0.15) is 16.7 Å². The van der Waals surface area contributed by atoms with Crippen molar-refractivity contribution in [2.75, 3.05) is 5.32 Å². The third-order valence-electron chi connectivity index (χ3n) is 3.78. The molecule has 0 spiro atoms. The summed E-state index contributed by atoms with van der Waals surface area (Å²) in [4.78, 5) is 0. The molecule has 3 rings (SSSR count). The van der Waals surface area contributed by atoms with Gasteiger partial charge in [-0.25, -0.2) is 4.39 Å². The van der Waals surface area contributed by atoms with Gasteiger partial charge in [-0.1, -0.05) is 42.0 Å². The molecule has 0 amide bonds. The first-order chi connectivity index (χ1) is 12.5. The Labute approximate surface area is 165 Å². The lowest BCUT2D eigenvalue weighted by Crippen LogP contribution is -2.28. The highest BCUT2D eigenvalue weighted by atomic mass is 79.9. The first-order valence-corrected chi connectivity index (χ1v) is 9.27. The Morgan fingerprint density at radius 3 is 2.46 bits per heavy atom. The molecule has 1 heterocycles. The summed E-state index contributed by atoms with van der Waals surface area (Å²) in [7, 11) is 0. The van der Waals surface area contributed by atoms with E-state index in [2.05, 4.69) is 62.9 Å². The fourth-order valence-electron chi connectivity index (χ4n) is 2.38. The van der Waals surface area contributed by atoms with Gasteiger partial charge in [-0.15, -0.1) is 0 Å². The molecule has 4 nitrogen and oxygen atoms in total. The van der Waals surface area contributed by atoms with Gasteiger partial charge in [0.2, 0.25) is 0 Å². The van der Waals surface area contributed by atoms with Crippen LogP contribution in [0.2, 0.25) is 0 Å². The van der Waals surface area contributed by atoms with Crippen LogP contribution >= 0.6 is 28.1 Å². The van der Waals surface area contributed by atoms with Crippen molar-refractivity contribution in [1.29, 1.82) is 0 Å². The summed E-state index contributed by atoms with van der Waals surface area (Å²) in [5.74, 6) is 0.395. The van der Waals surface area contributed by atoms with E-state index in [0.717, 1.165) is 10.0 Å². The van der Waals surface area contributed by atoms with Gasteiger partial charge in [-0.05, 0) is 58.3 Å². The zero-order chi connectivity index (χ0) is 18.5. The zero-order valence-corrected chi connectivity index (χ0v) is 16.6. The first kappa shape index (κ1) is 18.5. The Morgan fingerprint density at radius 1 is 1.12 bits per heavy atom. The maximum atomic E-state index is 12.9. The molecule has 0 fully saturated rings. The van der Waals surface area contributed by atoms with Gasteiger partial charge in [-0.2, -0.15) is 5.10 Å². The summed E-state index contributed by atoms with van der Waals surface area (Å²) in [6.45, 7) is 3.25. The summed E-state index contributed by atoms with van der Waals surface area (Å²) in [6, 6.07) is 14.6. The third kappa shape index (κ3) is 5.12. The Bertz CT molecular complexity index is 891. The van der Waals surface area contributed by atoms with Gasteiger partial charge < -0.3 is 10.6 Å². The molecule has 2 N–H and O–H groups in total. The minimum absolute atomic E-state index is 0.252. The second-order valence-electron chi connectivity index (χ2n) is 5.94. The highest BCUT2D eigenvalue weighted by Gasteiger charge is 2.09. The van der Waals surface area contributed by atoms with Gasteiger partial charge in [0.05, 0.1) is 11.0 Å². The molecule has 0 radical (unpaired) electrons. The number of nitrogens with zero attached hydrogens (tertiary/aromatic N) is 2. The molecular weight excluding hydrogens is 415 g/mol. The van der Waals surface area contributed by atoms with Crippen molar-refractivity contribution in [2.45, 2.75) is 20.0 Å². The maximum absolute atomic E-state index is 12.9. The molecule has 26 heavy (non-hydrogen) atoms. The first-order valence-electron chi connectivity index (χ1n) is 8.07. The lowest BCUT2D eigenvalue weighted by atomic mass is 10.1. The molecule has 0 aliphatic heterocycles. The van der Waals surface area contributed by atoms with Crippen molar-refractivity contribution >= 4 is 39.1 Å². The van der Waals surface area contributed by atoms with Crippen LogP contribution in [-0.4, -0.2) is 14.9 Å². The van der Waals surface area contributed by atoms with Crippen LogP contribution in [0.3, 0.4) is 0 Å². The van der Waals surface area contributed by atoms with Crippen LogP contribution in [0.25, 0.3) is 0 Å². The Morgan fingerprint density at radius 2 is 1.77 bits per heavy atom. The molecule has 0 atom stereocenters. The average molecular weight is 433 g/mol. The van der Waals surface area contributed by atoms with Crippen molar-refractivity contribution < 1.29 is 4.39 Å². The van der Waals surface area contributed by atoms with Crippen LogP contribution in [0.15, 0.2) is 59.2 Å². The normalized spacial score (nSPS) is 10.6. The molecule has 2 aromatic carbocycles. The molecule has 7 heteroatoms. The molecule has 3 aromatic rings. The van der Waals surface area contributed by atoms with E-state index in [1.807, 2.05) is 10.9 Å². The summed E-state index contributed by atoms with van der Waals surface area (Å²) in [6.07, 6.45) is 1.91. The molecule has 0 saturated heterocycles. The van der Waals surface area contributed by atoms with Gasteiger partial charge in [0.25, 0.3) is 0 Å². The molecule has 0 saturated carbocycles. The average Bonchev–Trinajstić information content (AvgIpc) is 2.95. The summed E-state index contributed by atoms with van der Waals surface area (Å²) >= 11 is 8.81. The predicted octanol–water partition coefficient (Wildman–Crippen LogP) is 4.63. The van der Waals surface area contributed by atoms with Crippen LogP contribution in [0.5, 0.6) is 0 Å². The predicted molar refractivity (Wildman–Crippen MR) is 110 cm³/mol. The highest BCUT2D eigenvalue weighted by Crippen LogP contribution is 2.20. The number of nitrogens with one attached hydrogen (secondary N) is 2. The molecule has 0 bridgehead atoms. The van der Waals surface area contributed by atoms with Crippen molar-refractivity contribution in [3.63, 3.8) is 0 Å². The largest absolute Gasteiger partial charge is 0.358 e. The van der Waals surface area contributed by atoms with E-state index in [0.29, 0.717) is 24.0 Å². The lowest BCUT2D eigenvalue weighted by molar-refractivity contribution is 0.627. The number of aryl methyl sites for hydroxylation is 1. The molecular formula is C19H18BrFN4S. The number of halogens is 2. The van der Waals surface area contributed by atoms with E-state index in [1.54, 1.807) is 12.1 Å². The number of aromatic nitrogens is 2. The number of benzene rings is 2. The number of hydrogen-bond acceptors (Lipinski definition) is 2. The van der Waals surface area contributed by atoms with Crippen molar-refractivity contribution in [3.8, 4) is 0 Å². The second-order valence-corrected chi connectivity index (χ2v) is 7.21. The number of thiocarbonyl (C=S) groups is 1. The Hall–Kier alpha value is -2.25. The van der Waals surface area contributed by atoms with Gasteiger partial charge in [-0.3, -0.25) is 4.68 Å². The molecule has 1 aromatic heterocycles. The van der Waals surface area contributed by atoms with Gasteiger partial charge in [0.15, 0.2) is 10.9 Å². The SMILES string of the molecule is Cc1ccc(Cn2cc(Br)c(NC(=S)NCc3ccc(F)cc3)n2)cc1. The Balaban J connectivity index is 1.57. The summed E-state index contributed by atoms with van der Waals surface area (Å²) in [5, 5.41) is 11.1. The van der Waals surface area contributed by atoms with Crippen molar-refractivity contribution in [3.05, 3.63) is 81.7 Å². The minimum Gasteiger partial charge on any atom is -0.358 e. The van der Waals surface area contributed by atoms with E-state index in [9.17, 15) is 4.39 Å². The van der Waals surface area contributed by atoms with E-state index in [-0.39, 0.29) is 5.82 Å². The van der Waals surface area contributed by atoms with E-state index < -0.39 is 0 Å².